The molecule has 234 valence electrons. The van der Waals surface area contributed by atoms with E-state index in [2.05, 4.69) is 12.2 Å². The molecule has 41 heavy (non-hydrogen) atoms. The first-order valence-corrected chi connectivity index (χ1v) is 14.7. The van der Waals surface area contributed by atoms with Gasteiger partial charge in [-0.3, -0.25) is 4.79 Å². The fraction of sp³-hybridized carbons (Fsp3) is 0.759. The van der Waals surface area contributed by atoms with E-state index in [-0.39, 0.29) is 12.3 Å². The first kappa shape index (κ1) is 33.8. The maximum absolute atomic E-state index is 13.1. The van der Waals surface area contributed by atoms with Gasteiger partial charge in [0.25, 0.3) is 0 Å². The second-order valence-corrected chi connectivity index (χ2v) is 10.7. The second kappa shape index (κ2) is 17.4. The minimum absolute atomic E-state index is 0.122. The zero-order valence-corrected chi connectivity index (χ0v) is 23.7. The fourth-order valence-electron chi connectivity index (χ4n) is 5.10. The monoisotopic (exact) mass is 585 g/mol. The summed E-state index contributed by atoms with van der Waals surface area (Å²) in [7, 11) is 0. The van der Waals surface area contributed by atoms with E-state index in [1.54, 1.807) is 0 Å². The third kappa shape index (κ3) is 9.65. The Balaban J connectivity index is 1.75. The van der Waals surface area contributed by atoms with Crippen molar-refractivity contribution in [3.8, 4) is 0 Å². The Morgan fingerprint density at radius 1 is 0.829 bits per heavy atom. The van der Waals surface area contributed by atoms with E-state index in [4.69, 9.17) is 18.9 Å². The zero-order chi connectivity index (χ0) is 29.8. The zero-order valence-electron chi connectivity index (χ0n) is 23.7. The average molecular weight is 586 g/mol. The number of carbonyl (C=O) groups excluding carboxylic acids is 1. The molecule has 1 aromatic carbocycles. The molecule has 12 heteroatoms. The van der Waals surface area contributed by atoms with Crippen LogP contribution in [0.5, 0.6) is 0 Å². The van der Waals surface area contributed by atoms with Crippen LogP contribution in [0.15, 0.2) is 30.3 Å². The topological polar surface area (TPSA) is 187 Å². The SMILES string of the molecule is CCCCCCCCO[C@@H]1O[C@H](CO)[C@@H](O)[C@H](O[C@@H]2O[C@H](CO)[C@H](O)[C@H](O)[C@H]2O)[C@H]1NC(=O)CCc1ccccc1. The molecule has 2 saturated heterocycles. The molecule has 0 unspecified atom stereocenters. The predicted octanol–water partition coefficient (Wildman–Crippen LogP) is -0.256. The minimum Gasteiger partial charge on any atom is -0.394 e. The number of unbranched alkanes of at least 4 members (excludes halogenated alkanes) is 5. The summed E-state index contributed by atoms with van der Waals surface area (Å²) in [6, 6.07) is 8.38. The molecule has 0 aromatic heterocycles. The van der Waals surface area contributed by atoms with Crippen LogP contribution in [0.3, 0.4) is 0 Å². The maximum Gasteiger partial charge on any atom is 0.220 e. The molecule has 7 N–H and O–H groups in total. The molecule has 3 rings (SSSR count). The van der Waals surface area contributed by atoms with Crippen molar-refractivity contribution in [2.45, 2.75) is 120 Å². The van der Waals surface area contributed by atoms with Gasteiger partial charge in [-0.05, 0) is 18.4 Å². The Hall–Kier alpha value is -1.71. The summed E-state index contributed by atoms with van der Waals surface area (Å²) in [5.41, 5.74) is 0.966. The highest BCUT2D eigenvalue weighted by Crippen LogP contribution is 2.30. The number of aliphatic hydroxyl groups is 6. The normalized spacial score (nSPS) is 33.9. The van der Waals surface area contributed by atoms with Crippen molar-refractivity contribution in [2.75, 3.05) is 19.8 Å². The first-order valence-electron chi connectivity index (χ1n) is 14.7. The largest absolute Gasteiger partial charge is 0.394 e. The third-order valence-corrected chi connectivity index (χ3v) is 7.58. The number of hydrogen-bond acceptors (Lipinski definition) is 11. The predicted molar refractivity (Wildman–Crippen MR) is 146 cm³/mol. The van der Waals surface area contributed by atoms with Gasteiger partial charge in [0, 0.05) is 13.0 Å². The number of amides is 1. The quantitative estimate of drug-likeness (QED) is 0.127. The highest BCUT2D eigenvalue weighted by Gasteiger charge is 2.51. The molecule has 10 atom stereocenters. The molecule has 1 amide bonds. The summed E-state index contributed by atoms with van der Waals surface area (Å²) in [6.07, 6.45) is -6.13. The number of aliphatic hydroxyl groups excluding tert-OH is 6. The van der Waals surface area contributed by atoms with Crippen LogP contribution in [-0.2, 0) is 30.2 Å². The summed E-state index contributed by atoms with van der Waals surface area (Å²) >= 11 is 0. The molecule has 0 saturated carbocycles. The van der Waals surface area contributed by atoms with Gasteiger partial charge in [0.05, 0.1) is 13.2 Å². The lowest BCUT2D eigenvalue weighted by atomic mass is 9.95. The van der Waals surface area contributed by atoms with Crippen molar-refractivity contribution in [2.24, 2.45) is 0 Å². The number of rotatable bonds is 16. The van der Waals surface area contributed by atoms with Gasteiger partial charge < -0.3 is 54.9 Å². The molecule has 12 nitrogen and oxygen atoms in total. The van der Waals surface area contributed by atoms with Gasteiger partial charge in [0.2, 0.25) is 5.91 Å². The number of hydrogen-bond donors (Lipinski definition) is 7. The Labute approximate surface area is 241 Å². The average Bonchev–Trinajstić information content (AvgIpc) is 2.98. The number of ether oxygens (including phenoxy) is 4. The van der Waals surface area contributed by atoms with Crippen molar-refractivity contribution < 1.29 is 54.4 Å². The lowest BCUT2D eigenvalue weighted by Gasteiger charge is -2.47. The molecule has 2 fully saturated rings. The van der Waals surface area contributed by atoms with Gasteiger partial charge in [-0.25, -0.2) is 0 Å². The molecule has 0 radical (unpaired) electrons. The molecule has 0 bridgehead atoms. The summed E-state index contributed by atoms with van der Waals surface area (Å²) in [5, 5.41) is 64.3. The van der Waals surface area contributed by atoms with E-state index in [0.717, 1.165) is 44.1 Å². The Bertz CT molecular complexity index is 876. The van der Waals surface area contributed by atoms with Gasteiger partial charge in [-0.2, -0.15) is 0 Å². The van der Waals surface area contributed by atoms with Gasteiger partial charge in [0.1, 0.15) is 48.8 Å². The smallest absolute Gasteiger partial charge is 0.220 e. The van der Waals surface area contributed by atoms with Gasteiger partial charge in [-0.1, -0.05) is 69.4 Å². The Morgan fingerprint density at radius 3 is 2.15 bits per heavy atom. The molecule has 1 aromatic rings. The van der Waals surface area contributed by atoms with Crippen LogP contribution in [0.1, 0.15) is 57.4 Å². The van der Waals surface area contributed by atoms with Crippen molar-refractivity contribution in [3.63, 3.8) is 0 Å². The second-order valence-electron chi connectivity index (χ2n) is 10.7. The molecular weight excluding hydrogens is 538 g/mol. The van der Waals surface area contributed by atoms with E-state index in [1.165, 1.54) is 0 Å². The van der Waals surface area contributed by atoms with Gasteiger partial charge in [0.15, 0.2) is 12.6 Å². The van der Waals surface area contributed by atoms with Gasteiger partial charge in [-0.15, -0.1) is 0 Å². The van der Waals surface area contributed by atoms with Crippen LogP contribution in [0.4, 0.5) is 0 Å². The van der Waals surface area contributed by atoms with Gasteiger partial charge >= 0.3 is 0 Å². The molecular formula is C29H47NO11. The Morgan fingerprint density at radius 2 is 1.46 bits per heavy atom. The highest BCUT2D eigenvalue weighted by molar-refractivity contribution is 5.76. The fourth-order valence-corrected chi connectivity index (χ4v) is 5.10. The maximum atomic E-state index is 13.1. The van der Waals surface area contributed by atoms with Crippen molar-refractivity contribution in [1.29, 1.82) is 0 Å². The summed E-state index contributed by atoms with van der Waals surface area (Å²) in [6.45, 7) is 1.20. The summed E-state index contributed by atoms with van der Waals surface area (Å²) < 4.78 is 23.3. The van der Waals surface area contributed by atoms with Crippen molar-refractivity contribution in [1.82, 2.24) is 5.32 Å². The van der Waals surface area contributed by atoms with Crippen molar-refractivity contribution >= 4 is 5.91 Å². The van der Waals surface area contributed by atoms with E-state index < -0.39 is 74.6 Å². The van der Waals surface area contributed by atoms with E-state index in [9.17, 15) is 35.4 Å². The van der Waals surface area contributed by atoms with Crippen LogP contribution < -0.4 is 5.32 Å². The number of nitrogens with one attached hydrogen (secondary N) is 1. The highest BCUT2D eigenvalue weighted by atomic mass is 16.7. The first-order chi connectivity index (χ1) is 19.8. The van der Waals surface area contributed by atoms with E-state index >= 15 is 0 Å². The van der Waals surface area contributed by atoms with E-state index in [0.29, 0.717) is 13.0 Å². The molecule has 2 aliphatic rings. The molecule has 0 spiro atoms. The molecule has 0 aliphatic carbocycles. The standard InChI is InChI=1S/C29H47NO11/c1-2-3-4-5-6-10-15-38-28-22(30-21(33)14-13-18-11-8-7-9-12-18)27(24(35)20(17-32)39-28)41-29-26(37)25(36)23(34)19(16-31)40-29/h7-9,11-12,19-20,22-29,31-32,34-37H,2-6,10,13-17H2,1H3,(H,30,33)/t19-,20-,22-,23+,24-,25+,26-,27-,28-,29+/m1/s1. The third-order valence-electron chi connectivity index (χ3n) is 7.58. The minimum atomic E-state index is -1.73. The lowest BCUT2D eigenvalue weighted by Crippen LogP contribution is -2.68. The van der Waals surface area contributed by atoms with Crippen LogP contribution in [0, 0.1) is 0 Å². The van der Waals surface area contributed by atoms with Crippen LogP contribution >= 0.6 is 0 Å². The van der Waals surface area contributed by atoms with Crippen molar-refractivity contribution in [3.05, 3.63) is 35.9 Å². The Kier molecular flexibility index (Phi) is 14.4. The van der Waals surface area contributed by atoms with Crippen LogP contribution in [0.2, 0.25) is 0 Å². The van der Waals surface area contributed by atoms with Crippen LogP contribution in [-0.4, -0.2) is 118 Å². The summed E-state index contributed by atoms with van der Waals surface area (Å²) in [4.78, 5) is 13.1. The number of benzene rings is 1. The van der Waals surface area contributed by atoms with Crippen LogP contribution in [0.25, 0.3) is 0 Å². The molecule has 2 heterocycles. The molecule has 2 aliphatic heterocycles. The lowest BCUT2D eigenvalue weighted by molar-refractivity contribution is -0.344. The number of aryl methyl sites for hydroxylation is 1. The van der Waals surface area contributed by atoms with E-state index in [1.807, 2.05) is 30.3 Å². The summed E-state index contributed by atoms with van der Waals surface area (Å²) in [5.74, 6) is -0.368. The number of carbonyl (C=O) groups is 1.